The number of hydrogen-bond acceptors (Lipinski definition) is 4. The molecule has 2 atom stereocenters. The normalized spacial score (nSPS) is 19.4. The molecule has 1 fully saturated rings. The van der Waals surface area contributed by atoms with E-state index in [1.807, 2.05) is 43.3 Å². The molecule has 2 aliphatic rings. The van der Waals surface area contributed by atoms with Crippen LogP contribution in [0.5, 0.6) is 11.5 Å². The van der Waals surface area contributed by atoms with Gasteiger partial charge in [0.2, 0.25) is 11.8 Å². The maximum absolute atomic E-state index is 13.8. The van der Waals surface area contributed by atoms with Crippen molar-refractivity contribution in [3.63, 3.8) is 0 Å². The van der Waals surface area contributed by atoms with Gasteiger partial charge in [0.15, 0.2) is 11.5 Å². The molecule has 36 heavy (non-hydrogen) atoms. The van der Waals surface area contributed by atoms with Crippen LogP contribution in [-0.4, -0.2) is 59.4 Å². The minimum Gasteiger partial charge on any atom is -0.493 e. The third-order valence-corrected chi connectivity index (χ3v) is 7.43. The molecule has 3 heterocycles. The van der Waals surface area contributed by atoms with Gasteiger partial charge in [-0.25, -0.2) is 0 Å². The number of unbranched alkanes of at least 4 members (excludes halogenated alkanes) is 3. The summed E-state index contributed by atoms with van der Waals surface area (Å²) in [7, 11) is 1.62. The molecule has 2 aliphatic heterocycles. The predicted octanol–water partition coefficient (Wildman–Crippen LogP) is 4.84. The number of piperazine rings is 1. The maximum atomic E-state index is 13.8. The molecule has 190 valence electrons. The van der Waals surface area contributed by atoms with Crippen LogP contribution in [0.4, 0.5) is 0 Å². The number of fused-ring (bicyclic) bond motifs is 4. The lowest BCUT2D eigenvalue weighted by Gasteiger charge is -2.47. The third kappa shape index (κ3) is 4.21. The number of aromatic amines is 1. The molecule has 3 aromatic rings. The molecule has 7 heteroatoms. The topological polar surface area (TPSA) is 74.9 Å². The highest BCUT2D eigenvalue weighted by molar-refractivity contribution is 5.97. The second kappa shape index (κ2) is 10.2. The van der Waals surface area contributed by atoms with Gasteiger partial charge in [0.1, 0.15) is 6.04 Å². The smallest absolute Gasteiger partial charge is 0.246 e. The lowest BCUT2D eigenvalue weighted by molar-refractivity contribution is -0.158. The van der Waals surface area contributed by atoms with E-state index in [9.17, 15) is 9.59 Å². The number of benzene rings is 2. The number of amides is 2. The average Bonchev–Trinajstić information content (AvgIpc) is 3.27. The van der Waals surface area contributed by atoms with Crippen molar-refractivity contribution in [3.05, 3.63) is 59.3 Å². The first-order valence-electron chi connectivity index (χ1n) is 13.1. The molecule has 1 aromatic heterocycles. The Morgan fingerprint density at radius 2 is 1.86 bits per heavy atom. The molecule has 0 aliphatic carbocycles. The van der Waals surface area contributed by atoms with Crippen LogP contribution in [0, 0.1) is 0 Å². The van der Waals surface area contributed by atoms with E-state index in [4.69, 9.17) is 9.47 Å². The number of H-pyrrole nitrogens is 1. The first kappa shape index (κ1) is 24.2. The Kier molecular flexibility index (Phi) is 6.90. The van der Waals surface area contributed by atoms with Crippen molar-refractivity contribution in [2.75, 3.05) is 26.8 Å². The van der Waals surface area contributed by atoms with Crippen LogP contribution in [0.1, 0.15) is 62.4 Å². The SMILES string of the molecule is CCCCCCN1CC(=O)N2C(Cc3c([nH]c4ccccc34)C2c2ccc(OCC)c(OC)c2)C1=O. The van der Waals surface area contributed by atoms with Crippen LogP contribution >= 0.6 is 0 Å². The minimum absolute atomic E-state index is 0.0164. The molecule has 0 saturated carbocycles. The molecular weight excluding hydrogens is 454 g/mol. The van der Waals surface area contributed by atoms with Crippen LogP contribution < -0.4 is 9.47 Å². The molecule has 5 rings (SSSR count). The molecule has 0 bridgehead atoms. The van der Waals surface area contributed by atoms with Crippen molar-refractivity contribution in [2.45, 2.75) is 58.0 Å². The Bertz CT molecular complexity index is 1270. The molecule has 1 saturated heterocycles. The summed E-state index contributed by atoms with van der Waals surface area (Å²) in [6.07, 6.45) is 4.80. The van der Waals surface area contributed by atoms with Crippen molar-refractivity contribution < 1.29 is 19.1 Å². The number of para-hydroxylation sites is 1. The van der Waals surface area contributed by atoms with E-state index in [0.717, 1.165) is 53.4 Å². The highest BCUT2D eigenvalue weighted by atomic mass is 16.5. The zero-order chi connectivity index (χ0) is 25.2. The number of nitrogens with one attached hydrogen (secondary N) is 1. The van der Waals surface area contributed by atoms with Crippen molar-refractivity contribution in [1.82, 2.24) is 14.8 Å². The van der Waals surface area contributed by atoms with E-state index in [2.05, 4.69) is 18.0 Å². The Morgan fingerprint density at radius 1 is 1.03 bits per heavy atom. The summed E-state index contributed by atoms with van der Waals surface area (Å²) in [5.41, 5.74) is 3.99. The van der Waals surface area contributed by atoms with Gasteiger partial charge in [0, 0.05) is 29.6 Å². The number of aromatic nitrogens is 1. The lowest BCUT2D eigenvalue weighted by atomic mass is 9.86. The molecule has 2 aromatic carbocycles. The summed E-state index contributed by atoms with van der Waals surface area (Å²) < 4.78 is 11.4. The predicted molar refractivity (Wildman–Crippen MR) is 139 cm³/mol. The Labute approximate surface area is 212 Å². The Balaban J connectivity index is 1.58. The van der Waals surface area contributed by atoms with Crippen molar-refractivity contribution in [2.24, 2.45) is 0 Å². The summed E-state index contributed by atoms with van der Waals surface area (Å²) in [4.78, 5) is 34.6. The standard InChI is InChI=1S/C29H35N3O4/c1-4-6-7-10-15-31-18-26(33)32-23(29(31)34)17-21-20-11-8-9-12-22(20)30-27(21)28(32)19-13-14-24(36-5-2)25(16-19)35-3/h8-9,11-14,16,23,28,30H,4-7,10,15,17-18H2,1-3H3. The number of ether oxygens (including phenoxy) is 2. The van der Waals surface area contributed by atoms with Gasteiger partial charge in [0.25, 0.3) is 0 Å². The van der Waals surface area contributed by atoms with Gasteiger partial charge in [0.05, 0.1) is 26.3 Å². The van der Waals surface area contributed by atoms with Crippen molar-refractivity contribution in [1.29, 1.82) is 0 Å². The first-order valence-corrected chi connectivity index (χ1v) is 13.1. The van der Waals surface area contributed by atoms with Gasteiger partial charge in [-0.2, -0.15) is 0 Å². The van der Waals surface area contributed by atoms with Gasteiger partial charge in [-0.05, 0) is 42.7 Å². The van der Waals surface area contributed by atoms with E-state index >= 15 is 0 Å². The fourth-order valence-corrected chi connectivity index (χ4v) is 5.72. The number of nitrogens with zero attached hydrogens (tertiary/aromatic N) is 2. The van der Waals surface area contributed by atoms with Crippen molar-refractivity contribution >= 4 is 22.7 Å². The molecule has 2 unspecified atom stereocenters. The van der Waals surface area contributed by atoms with E-state index < -0.39 is 12.1 Å². The summed E-state index contributed by atoms with van der Waals surface area (Å²) in [5, 5.41) is 1.11. The van der Waals surface area contributed by atoms with E-state index in [1.165, 1.54) is 0 Å². The van der Waals surface area contributed by atoms with Crippen LogP contribution in [0.25, 0.3) is 10.9 Å². The molecule has 0 spiro atoms. The number of methoxy groups -OCH3 is 1. The molecule has 0 radical (unpaired) electrons. The van der Waals surface area contributed by atoms with E-state index in [-0.39, 0.29) is 18.4 Å². The van der Waals surface area contributed by atoms with Gasteiger partial charge < -0.3 is 24.3 Å². The second-order valence-corrected chi connectivity index (χ2v) is 9.65. The second-order valence-electron chi connectivity index (χ2n) is 9.65. The summed E-state index contributed by atoms with van der Waals surface area (Å²) in [6, 6.07) is 13.0. The quantitative estimate of drug-likeness (QED) is 0.437. The summed E-state index contributed by atoms with van der Waals surface area (Å²) >= 11 is 0. The number of carbonyl (C=O) groups is 2. The molecular formula is C29H35N3O4. The first-order chi connectivity index (χ1) is 17.6. The lowest BCUT2D eigenvalue weighted by Crippen LogP contribution is -2.63. The van der Waals surface area contributed by atoms with Crippen LogP contribution in [0.2, 0.25) is 0 Å². The molecule has 7 nitrogen and oxygen atoms in total. The fourth-order valence-electron chi connectivity index (χ4n) is 5.72. The van der Waals surface area contributed by atoms with Crippen LogP contribution in [0.3, 0.4) is 0 Å². The average molecular weight is 490 g/mol. The highest BCUT2D eigenvalue weighted by Crippen LogP contribution is 2.44. The van der Waals surface area contributed by atoms with Crippen molar-refractivity contribution in [3.8, 4) is 11.5 Å². The van der Waals surface area contributed by atoms with Gasteiger partial charge in [-0.15, -0.1) is 0 Å². The Morgan fingerprint density at radius 3 is 2.64 bits per heavy atom. The monoisotopic (exact) mass is 489 g/mol. The Hall–Kier alpha value is -3.48. The van der Waals surface area contributed by atoms with E-state index in [0.29, 0.717) is 31.1 Å². The third-order valence-electron chi connectivity index (χ3n) is 7.43. The zero-order valence-corrected chi connectivity index (χ0v) is 21.4. The zero-order valence-electron chi connectivity index (χ0n) is 21.4. The highest BCUT2D eigenvalue weighted by Gasteiger charge is 2.48. The maximum Gasteiger partial charge on any atom is 0.246 e. The number of hydrogen-bond donors (Lipinski definition) is 1. The van der Waals surface area contributed by atoms with Gasteiger partial charge >= 0.3 is 0 Å². The van der Waals surface area contributed by atoms with Gasteiger partial charge in [-0.3, -0.25) is 9.59 Å². The largest absolute Gasteiger partial charge is 0.493 e. The summed E-state index contributed by atoms with van der Waals surface area (Å²) in [5.74, 6) is 1.30. The summed E-state index contributed by atoms with van der Waals surface area (Å²) in [6.45, 7) is 5.39. The van der Waals surface area contributed by atoms with E-state index in [1.54, 1.807) is 16.9 Å². The fraction of sp³-hybridized carbons (Fsp3) is 0.448. The van der Waals surface area contributed by atoms with Crippen LogP contribution in [0.15, 0.2) is 42.5 Å². The number of carbonyl (C=O) groups excluding carboxylic acids is 2. The minimum atomic E-state index is -0.522. The van der Waals surface area contributed by atoms with Gasteiger partial charge in [-0.1, -0.05) is 50.5 Å². The number of rotatable bonds is 9. The van der Waals surface area contributed by atoms with Crippen LogP contribution in [-0.2, 0) is 16.0 Å². The molecule has 2 amide bonds. The molecule has 1 N–H and O–H groups in total.